The van der Waals surface area contributed by atoms with Crippen molar-refractivity contribution in [2.45, 2.75) is 45.4 Å². The van der Waals surface area contributed by atoms with Crippen LogP contribution < -0.4 is 5.32 Å². The second kappa shape index (κ2) is 7.27. The van der Waals surface area contributed by atoms with Crippen molar-refractivity contribution in [3.05, 3.63) is 35.9 Å². The van der Waals surface area contributed by atoms with Crippen molar-refractivity contribution in [3.8, 4) is 0 Å². The second-order valence-corrected chi connectivity index (χ2v) is 6.33. The van der Waals surface area contributed by atoms with E-state index in [-0.39, 0.29) is 6.10 Å². The lowest BCUT2D eigenvalue weighted by Gasteiger charge is -2.32. The van der Waals surface area contributed by atoms with Crippen LogP contribution in [0.1, 0.15) is 50.1 Å². The Morgan fingerprint density at radius 1 is 1.43 bits per heavy atom. The van der Waals surface area contributed by atoms with E-state index < -0.39 is 0 Å². The van der Waals surface area contributed by atoms with Crippen LogP contribution in [0.5, 0.6) is 0 Å². The molecule has 0 amide bonds. The highest BCUT2D eigenvalue weighted by Gasteiger charge is 2.29. The molecule has 2 aromatic heterocycles. The van der Waals surface area contributed by atoms with E-state index in [1.807, 2.05) is 28.8 Å². The monoisotopic (exact) mass is 317 g/mol. The zero-order valence-corrected chi connectivity index (χ0v) is 14.3. The molecule has 6 nitrogen and oxygen atoms in total. The predicted molar refractivity (Wildman–Crippen MR) is 88.9 cm³/mol. The third-order valence-electron chi connectivity index (χ3n) is 4.76. The van der Waals surface area contributed by atoms with Gasteiger partial charge in [0, 0.05) is 56.7 Å². The fourth-order valence-electron chi connectivity index (χ4n) is 3.26. The molecule has 1 fully saturated rings. The lowest BCUT2D eigenvalue weighted by atomic mass is 9.91. The van der Waals surface area contributed by atoms with Gasteiger partial charge in [-0.3, -0.25) is 9.36 Å². The Bertz CT molecular complexity index is 620. The summed E-state index contributed by atoms with van der Waals surface area (Å²) in [6, 6.07) is 2.36. The highest BCUT2D eigenvalue weighted by molar-refractivity contribution is 5.10. The minimum absolute atomic E-state index is 0.134. The van der Waals surface area contributed by atoms with E-state index in [4.69, 9.17) is 4.74 Å². The zero-order chi connectivity index (χ0) is 16.2. The molecule has 0 spiro atoms. The molecule has 1 unspecified atom stereocenters. The van der Waals surface area contributed by atoms with Gasteiger partial charge in [-0.25, -0.2) is 0 Å². The van der Waals surface area contributed by atoms with E-state index in [9.17, 15) is 0 Å². The Hall–Kier alpha value is -1.66. The lowest BCUT2D eigenvalue weighted by molar-refractivity contribution is -0.0328. The number of aromatic nitrogens is 4. The molecule has 23 heavy (non-hydrogen) atoms. The van der Waals surface area contributed by atoms with Crippen molar-refractivity contribution in [1.29, 1.82) is 0 Å². The minimum atomic E-state index is 0.134. The number of rotatable bonds is 6. The van der Waals surface area contributed by atoms with Gasteiger partial charge in [0.05, 0.1) is 11.9 Å². The van der Waals surface area contributed by atoms with Crippen LogP contribution in [0, 0.1) is 5.92 Å². The Balaban J connectivity index is 1.62. The topological polar surface area (TPSA) is 56.9 Å². The molecule has 3 heterocycles. The van der Waals surface area contributed by atoms with Crippen LogP contribution in [0.25, 0.3) is 0 Å². The van der Waals surface area contributed by atoms with Crippen molar-refractivity contribution >= 4 is 0 Å². The van der Waals surface area contributed by atoms with Gasteiger partial charge in [0.2, 0.25) is 0 Å². The van der Waals surface area contributed by atoms with Crippen LogP contribution in [0.15, 0.2) is 24.7 Å². The number of ether oxygens (including phenoxy) is 1. The van der Waals surface area contributed by atoms with Gasteiger partial charge >= 0.3 is 0 Å². The lowest BCUT2D eigenvalue weighted by Crippen LogP contribution is -2.34. The second-order valence-electron chi connectivity index (χ2n) is 6.33. The molecule has 0 radical (unpaired) electrons. The predicted octanol–water partition coefficient (Wildman–Crippen LogP) is 2.46. The van der Waals surface area contributed by atoms with Crippen molar-refractivity contribution in [2.24, 2.45) is 13.0 Å². The van der Waals surface area contributed by atoms with Crippen molar-refractivity contribution in [3.63, 3.8) is 0 Å². The molecule has 126 valence electrons. The normalized spacial score (nSPS) is 23.1. The summed E-state index contributed by atoms with van der Waals surface area (Å²) < 4.78 is 9.95. The SMILES string of the molecule is CCn1cc(C(C)NC[C@@H]2CCCO[C@H]2c2ccnn2C)cn1. The average Bonchev–Trinajstić information content (AvgIpc) is 3.21. The first-order valence-corrected chi connectivity index (χ1v) is 8.54. The Labute approximate surface area is 137 Å². The van der Waals surface area contributed by atoms with E-state index in [0.717, 1.165) is 26.1 Å². The number of aryl methyl sites for hydroxylation is 2. The van der Waals surface area contributed by atoms with Crippen molar-refractivity contribution in [2.75, 3.05) is 13.2 Å². The number of hydrogen-bond acceptors (Lipinski definition) is 4. The van der Waals surface area contributed by atoms with E-state index in [0.29, 0.717) is 12.0 Å². The van der Waals surface area contributed by atoms with E-state index in [2.05, 4.69) is 41.6 Å². The van der Waals surface area contributed by atoms with Gasteiger partial charge in [-0.1, -0.05) is 0 Å². The van der Waals surface area contributed by atoms with E-state index >= 15 is 0 Å². The fourth-order valence-corrected chi connectivity index (χ4v) is 3.26. The van der Waals surface area contributed by atoms with Gasteiger partial charge in [-0.15, -0.1) is 0 Å². The summed E-state index contributed by atoms with van der Waals surface area (Å²) in [7, 11) is 1.99. The molecule has 1 saturated heterocycles. The minimum Gasteiger partial charge on any atom is -0.372 e. The third-order valence-corrected chi connectivity index (χ3v) is 4.76. The maximum Gasteiger partial charge on any atom is 0.103 e. The molecular formula is C17H27N5O. The third kappa shape index (κ3) is 3.64. The summed E-state index contributed by atoms with van der Waals surface area (Å²) in [5.74, 6) is 0.475. The highest BCUT2D eigenvalue weighted by atomic mass is 16.5. The van der Waals surface area contributed by atoms with Gasteiger partial charge in [0.25, 0.3) is 0 Å². The first-order chi connectivity index (χ1) is 11.2. The van der Waals surface area contributed by atoms with E-state index in [1.165, 1.54) is 17.7 Å². The molecule has 1 aliphatic heterocycles. The summed E-state index contributed by atoms with van der Waals surface area (Å²) in [4.78, 5) is 0. The molecule has 3 rings (SSSR count). The van der Waals surface area contributed by atoms with Crippen LogP contribution in [0.4, 0.5) is 0 Å². The van der Waals surface area contributed by atoms with E-state index in [1.54, 1.807) is 0 Å². The van der Waals surface area contributed by atoms with Gasteiger partial charge < -0.3 is 10.1 Å². The Morgan fingerprint density at radius 2 is 2.30 bits per heavy atom. The molecule has 1 N–H and O–H groups in total. The summed E-state index contributed by atoms with van der Waals surface area (Å²) in [6.07, 6.45) is 8.37. The number of nitrogens with zero attached hydrogens (tertiary/aromatic N) is 4. The summed E-state index contributed by atoms with van der Waals surface area (Å²) in [5.41, 5.74) is 2.41. The smallest absolute Gasteiger partial charge is 0.103 e. The maximum atomic E-state index is 6.06. The Kier molecular flexibility index (Phi) is 5.13. The number of nitrogens with one attached hydrogen (secondary N) is 1. The maximum absolute atomic E-state index is 6.06. The van der Waals surface area contributed by atoms with Gasteiger partial charge in [0.1, 0.15) is 6.10 Å². The van der Waals surface area contributed by atoms with Gasteiger partial charge in [0.15, 0.2) is 0 Å². The summed E-state index contributed by atoms with van der Waals surface area (Å²) >= 11 is 0. The van der Waals surface area contributed by atoms with Crippen molar-refractivity contribution in [1.82, 2.24) is 24.9 Å². The number of hydrogen-bond donors (Lipinski definition) is 1. The van der Waals surface area contributed by atoms with Crippen LogP contribution in [0.2, 0.25) is 0 Å². The highest BCUT2D eigenvalue weighted by Crippen LogP contribution is 2.33. The molecule has 3 atom stereocenters. The molecule has 0 saturated carbocycles. The van der Waals surface area contributed by atoms with Crippen LogP contribution in [-0.4, -0.2) is 32.7 Å². The van der Waals surface area contributed by atoms with Crippen LogP contribution in [0.3, 0.4) is 0 Å². The summed E-state index contributed by atoms with van der Waals surface area (Å²) in [5, 5.41) is 12.3. The molecule has 2 aromatic rings. The zero-order valence-electron chi connectivity index (χ0n) is 14.3. The standard InChI is InChI=1S/C17H27N5O/c1-4-22-12-15(11-20-22)13(2)18-10-14-6-5-9-23-17(14)16-7-8-19-21(16)3/h7-8,11-14,17-18H,4-6,9-10H2,1-3H3/t13?,14-,17+/m0/s1. The van der Waals surface area contributed by atoms with Crippen LogP contribution in [-0.2, 0) is 18.3 Å². The Morgan fingerprint density at radius 3 is 3.00 bits per heavy atom. The van der Waals surface area contributed by atoms with Gasteiger partial charge in [-0.05, 0) is 32.8 Å². The molecule has 0 aromatic carbocycles. The quantitative estimate of drug-likeness (QED) is 0.889. The van der Waals surface area contributed by atoms with Crippen molar-refractivity contribution < 1.29 is 4.74 Å². The fraction of sp³-hybridized carbons (Fsp3) is 0.647. The van der Waals surface area contributed by atoms with Gasteiger partial charge in [-0.2, -0.15) is 10.2 Å². The first kappa shape index (κ1) is 16.2. The molecule has 1 aliphatic rings. The largest absolute Gasteiger partial charge is 0.372 e. The molecule has 0 bridgehead atoms. The van der Waals surface area contributed by atoms with Crippen LogP contribution >= 0.6 is 0 Å². The first-order valence-electron chi connectivity index (χ1n) is 8.54. The average molecular weight is 317 g/mol. The molecular weight excluding hydrogens is 290 g/mol. The summed E-state index contributed by atoms with van der Waals surface area (Å²) in [6.45, 7) is 6.98. The molecule has 0 aliphatic carbocycles. The molecule has 6 heteroatoms.